The zero-order valence-corrected chi connectivity index (χ0v) is 21.6. The van der Waals surface area contributed by atoms with Crippen molar-refractivity contribution in [2.45, 2.75) is 46.1 Å². The number of carbonyl (C=O) groups excluding carboxylic acids is 2. The number of rotatable bonds is 9. The molecule has 5 heteroatoms. The first-order valence-electron chi connectivity index (χ1n) is 12.7. The molecule has 0 radical (unpaired) electrons. The number of nitrogens with zero attached hydrogens (tertiary/aromatic N) is 1. The van der Waals surface area contributed by atoms with E-state index in [9.17, 15) is 9.59 Å². The summed E-state index contributed by atoms with van der Waals surface area (Å²) < 4.78 is 0. The highest BCUT2D eigenvalue weighted by molar-refractivity contribution is 5.96. The lowest BCUT2D eigenvalue weighted by atomic mass is 9.93. The zero-order chi connectivity index (χ0) is 26.2. The van der Waals surface area contributed by atoms with Crippen molar-refractivity contribution in [1.29, 1.82) is 0 Å². The third-order valence-electron chi connectivity index (χ3n) is 6.54. The second-order valence-electron chi connectivity index (χ2n) is 9.25. The number of anilines is 1. The molecule has 0 bridgehead atoms. The fourth-order valence-electron chi connectivity index (χ4n) is 4.39. The third kappa shape index (κ3) is 6.70. The first-order valence-corrected chi connectivity index (χ1v) is 12.7. The van der Waals surface area contributed by atoms with Crippen LogP contribution >= 0.6 is 0 Å². The number of carbonyl (C=O) groups is 2. The highest BCUT2D eigenvalue weighted by Crippen LogP contribution is 2.30. The van der Waals surface area contributed by atoms with Gasteiger partial charge in [-0.2, -0.15) is 0 Å². The summed E-state index contributed by atoms with van der Waals surface area (Å²) in [5, 5.41) is 6.03. The molecule has 0 aliphatic rings. The Morgan fingerprint density at radius 3 is 2.30 bits per heavy atom. The number of amides is 2. The highest BCUT2D eigenvalue weighted by atomic mass is 16.2. The van der Waals surface area contributed by atoms with Crippen molar-refractivity contribution in [2.75, 3.05) is 5.32 Å². The van der Waals surface area contributed by atoms with Crippen LogP contribution in [0.5, 0.6) is 0 Å². The summed E-state index contributed by atoms with van der Waals surface area (Å²) in [6, 6.07) is 27.5. The molecule has 0 saturated carbocycles. The van der Waals surface area contributed by atoms with Gasteiger partial charge in [0.2, 0.25) is 5.91 Å². The molecule has 5 nitrogen and oxygen atoms in total. The Bertz CT molecular complexity index is 1370. The molecule has 3 aromatic carbocycles. The second kappa shape index (κ2) is 12.1. The molecule has 1 atom stereocenters. The summed E-state index contributed by atoms with van der Waals surface area (Å²) >= 11 is 0. The molecule has 0 spiro atoms. The van der Waals surface area contributed by atoms with E-state index in [0.29, 0.717) is 24.2 Å². The maximum atomic E-state index is 13.0. The molecule has 2 N–H and O–H groups in total. The molecule has 37 heavy (non-hydrogen) atoms. The summed E-state index contributed by atoms with van der Waals surface area (Å²) in [6.45, 7) is 6.07. The molecule has 188 valence electrons. The first-order chi connectivity index (χ1) is 17.9. The summed E-state index contributed by atoms with van der Waals surface area (Å²) in [5.41, 5.74) is 6.93. The van der Waals surface area contributed by atoms with Gasteiger partial charge in [-0.1, -0.05) is 73.7 Å². The minimum absolute atomic E-state index is 0.0681. The smallest absolute Gasteiger partial charge is 0.251 e. The average molecular weight is 492 g/mol. The third-order valence-corrected chi connectivity index (χ3v) is 6.54. The second-order valence-corrected chi connectivity index (χ2v) is 9.25. The van der Waals surface area contributed by atoms with E-state index in [1.54, 1.807) is 6.20 Å². The maximum Gasteiger partial charge on any atom is 0.251 e. The van der Waals surface area contributed by atoms with E-state index in [-0.39, 0.29) is 17.9 Å². The Kier molecular flexibility index (Phi) is 8.47. The van der Waals surface area contributed by atoms with Gasteiger partial charge in [-0.3, -0.25) is 9.59 Å². The standard InChI is InChI=1S/C32H33N3O2/c1-4-25-19-27(32(37)34-23(3)26-13-9-6-10-14-26)16-17-28(25)29-20-30(33-21-22(29)2)35-31(36)18-15-24-11-7-5-8-12-24/h5-14,16-17,19-21,23H,4,15,18H2,1-3H3,(H,34,37)(H,33,35,36). The molecule has 1 unspecified atom stereocenters. The van der Waals surface area contributed by atoms with Crippen LogP contribution in [0.1, 0.15) is 58.9 Å². The van der Waals surface area contributed by atoms with Crippen molar-refractivity contribution >= 4 is 17.6 Å². The number of aryl methyl sites for hydroxylation is 3. The van der Waals surface area contributed by atoms with Crippen molar-refractivity contribution < 1.29 is 9.59 Å². The fraction of sp³-hybridized carbons (Fsp3) is 0.219. The van der Waals surface area contributed by atoms with Crippen LogP contribution in [0.3, 0.4) is 0 Å². The summed E-state index contributed by atoms with van der Waals surface area (Å²) in [7, 11) is 0. The fourth-order valence-corrected chi connectivity index (χ4v) is 4.39. The Hall–Kier alpha value is -4.25. The molecule has 0 aliphatic carbocycles. The normalized spacial score (nSPS) is 11.5. The minimum Gasteiger partial charge on any atom is -0.346 e. The highest BCUT2D eigenvalue weighted by Gasteiger charge is 2.15. The van der Waals surface area contributed by atoms with E-state index in [4.69, 9.17) is 0 Å². The predicted octanol–water partition coefficient (Wildman–Crippen LogP) is 6.68. The number of benzene rings is 3. The van der Waals surface area contributed by atoms with Gasteiger partial charge in [0.05, 0.1) is 6.04 Å². The van der Waals surface area contributed by atoms with Crippen LogP contribution in [0, 0.1) is 6.92 Å². The summed E-state index contributed by atoms with van der Waals surface area (Å²) in [5.74, 6) is 0.357. The summed E-state index contributed by atoms with van der Waals surface area (Å²) in [6.07, 6.45) is 3.62. The predicted molar refractivity (Wildman–Crippen MR) is 150 cm³/mol. The van der Waals surface area contributed by atoms with Crippen LogP contribution < -0.4 is 10.6 Å². The minimum atomic E-state index is -0.101. The van der Waals surface area contributed by atoms with Crippen LogP contribution in [-0.4, -0.2) is 16.8 Å². The van der Waals surface area contributed by atoms with Gasteiger partial charge in [-0.15, -0.1) is 0 Å². The molecular formula is C32H33N3O2. The van der Waals surface area contributed by atoms with Crippen molar-refractivity contribution in [3.05, 3.63) is 119 Å². The van der Waals surface area contributed by atoms with Crippen molar-refractivity contribution in [2.24, 2.45) is 0 Å². The number of nitrogens with one attached hydrogen (secondary N) is 2. The molecule has 2 amide bonds. The van der Waals surface area contributed by atoms with E-state index in [1.807, 2.05) is 98.8 Å². The molecule has 0 aliphatic heterocycles. The zero-order valence-electron chi connectivity index (χ0n) is 21.6. The van der Waals surface area contributed by atoms with Crippen molar-refractivity contribution in [3.63, 3.8) is 0 Å². The Balaban J connectivity index is 1.49. The van der Waals surface area contributed by atoms with E-state index in [0.717, 1.165) is 39.8 Å². The van der Waals surface area contributed by atoms with Crippen LogP contribution in [0.25, 0.3) is 11.1 Å². The lowest BCUT2D eigenvalue weighted by molar-refractivity contribution is -0.116. The lowest BCUT2D eigenvalue weighted by Gasteiger charge is -2.17. The Labute approximate surface area is 219 Å². The SMILES string of the molecule is CCc1cc(C(=O)NC(C)c2ccccc2)ccc1-c1cc(NC(=O)CCc2ccccc2)ncc1C. The van der Waals surface area contributed by atoms with Crippen molar-refractivity contribution in [1.82, 2.24) is 10.3 Å². The molecule has 4 aromatic rings. The molecule has 0 fully saturated rings. The largest absolute Gasteiger partial charge is 0.346 e. The monoisotopic (exact) mass is 491 g/mol. The van der Waals surface area contributed by atoms with Gasteiger partial charge in [-0.25, -0.2) is 4.98 Å². The Morgan fingerprint density at radius 2 is 1.59 bits per heavy atom. The quantitative estimate of drug-likeness (QED) is 0.274. The average Bonchev–Trinajstić information content (AvgIpc) is 2.93. The van der Waals surface area contributed by atoms with Gasteiger partial charge in [-0.05, 0) is 78.3 Å². The summed E-state index contributed by atoms with van der Waals surface area (Å²) in [4.78, 5) is 30.0. The van der Waals surface area contributed by atoms with E-state index < -0.39 is 0 Å². The van der Waals surface area contributed by atoms with E-state index in [2.05, 4.69) is 22.5 Å². The van der Waals surface area contributed by atoms with E-state index in [1.165, 1.54) is 0 Å². The van der Waals surface area contributed by atoms with Gasteiger partial charge >= 0.3 is 0 Å². The van der Waals surface area contributed by atoms with Gasteiger partial charge < -0.3 is 10.6 Å². The van der Waals surface area contributed by atoms with Crippen LogP contribution in [-0.2, 0) is 17.6 Å². The number of hydrogen-bond acceptors (Lipinski definition) is 3. The number of aromatic nitrogens is 1. The van der Waals surface area contributed by atoms with Gasteiger partial charge in [0.25, 0.3) is 5.91 Å². The number of pyridine rings is 1. The molecule has 0 saturated heterocycles. The van der Waals surface area contributed by atoms with Gasteiger partial charge in [0.15, 0.2) is 0 Å². The Morgan fingerprint density at radius 1 is 0.892 bits per heavy atom. The maximum absolute atomic E-state index is 13.0. The van der Waals surface area contributed by atoms with Gasteiger partial charge in [0, 0.05) is 18.2 Å². The van der Waals surface area contributed by atoms with E-state index >= 15 is 0 Å². The van der Waals surface area contributed by atoms with Gasteiger partial charge in [0.1, 0.15) is 5.82 Å². The first kappa shape index (κ1) is 25.8. The van der Waals surface area contributed by atoms with Crippen LogP contribution in [0.4, 0.5) is 5.82 Å². The topological polar surface area (TPSA) is 71.1 Å². The molecule has 1 heterocycles. The van der Waals surface area contributed by atoms with Crippen LogP contribution in [0.15, 0.2) is 91.1 Å². The van der Waals surface area contributed by atoms with Crippen molar-refractivity contribution in [3.8, 4) is 11.1 Å². The number of hydrogen-bond donors (Lipinski definition) is 2. The van der Waals surface area contributed by atoms with Crippen LogP contribution in [0.2, 0.25) is 0 Å². The molecular weight excluding hydrogens is 458 g/mol. The molecule has 1 aromatic heterocycles. The lowest BCUT2D eigenvalue weighted by Crippen LogP contribution is -2.26. The molecule has 4 rings (SSSR count).